The largest absolute Gasteiger partial charge is 0.469 e. The van der Waals surface area contributed by atoms with Crippen LogP contribution < -0.4 is 0 Å². The van der Waals surface area contributed by atoms with Crippen LogP contribution in [0, 0.1) is 51.2 Å². The molecule has 0 heterocycles. The summed E-state index contributed by atoms with van der Waals surface area (Å²) in [7, 11) is 1.59. The zero-order chi connectivity index (χ0) is 25.1. The lowest BCUT2D eigenvalue weighted by Gasteiger charge is -2.69. The number of fused-ring (bicyclic) bond motifs is 7. The molecule has 0 aromatic rings. The van der Waals surface area contributed by atoms with Crippen molar-refractivity contribution < 1.29 is 14.6 Å². The van der Waals surface area contributed by atoms with Crippen molar-refractivity contribution in [3.05, 3.63) is 11.6 Å². The Bertz CT molecular complexity index is 817. The number of hydrogen-bond acceptors (Lipinski definition) is 3. The van der Waals surface area contributed by atoms with Crippen LogP contribution >= 0.6 is 0 Å². The fourth-order valence-electron chi connectivity index (χ4n) is 10.3. The standard InChI is InChI=1S/C29H46O3.C2H6/c1-18-9-14-29(25(31)32-6)16-15-27(4)21(22(29)17-18)7-8-24-26(3)12-11-23(30)19(2)20(26)10-13-28(24,27)5;1-2/h7,18-20,22-24,30H,8-17H2,1-6H3;1-2H3. The van der Waals surface area contributed by atoms with E-state index in [2.05, 4.69) is 40.7 Å². The maximum absolute atomic E-state index is 13.2. The van der Waals surface area contributed by atoms with Gasteiger partial charge in [0.15, 0.2) is 0 Å². The smallest absolute Gasteiger partial charge is 0.312 e. The van der Waals surface area contributed by atoms with Gasteiger partial charge in [-0.2, -0.15) is 0 Å². The van der Waals surface area contributed by atoms with Gasteiger partial charge in [0.05, 0.1) is 18.6 Å². The molecule has 5 rings (SSSR count). The van der Waals surface area contributed by atoms with Crippen molar-refractivity contribution in [3.63, 3.8) is 0 Å². The fraction of sp³-hybridized carbons (Fsp3) is 0.903. The highest BCUT2D eigenvalue weighted by Gasteiger charge is 2.67. The normalized spacial score (nSPS) is 51.9. The minimum Gasteiger partial charge on any atom is -0.469 e. The monoisotopic (exact) mass is 472 g/mol. The summed E-state index contributed by atoms with van der Waals surface area (Å²) in [6.07, 6.45) is 13.7. The number of hydrogen-bond donors (Lipinski definition) is 1. The molecule has 10 unspecified atom stereocenters. The van der Waals surface area contributed by atoms with Crippen molar-refractivity contribution in [3.8, 4) is 0 Å². The van der Waals surface area contributed by atoms with Crippen LogP contribution in [-0.2, 0) is 9.53 Å². The van der Waals surface area contributed by atoms with E-state index in [1.54, 1.807) is 12.7 Å². The number of carbonyl (C=O) groups is 1. The van der Waals surface area contributed by atoms with Gasteiger partial charge >= 0.3 is 5.97 Å². The number of ether oxygens (including phenoxy) is 1. The predicted octanol–water partition coefficient (Wildman–Crippen LogP) is 7.57. The average molecular weight is 473 g/mol. The first-order chi connectivity index (χ1) is 16.0. The SMILES string of the molecule is CC.COC(=O)C12CCC(C)CC1C1=CCC3C4(C)CCC(O)C(C)C4CCC3(C)C1(C)CC2. The Morgan fingerprint density at radius 2 is 1.71 bits per heavy atom. The van der Waals surface area contributed by atoms with E-state index < -0.39 is 0 Å². The molecule has 4 saturated carbocycles. The Kier molecular flexibility index (Phi) is 6.89. The Hall–Kier alpha value is -0.830. The van der Waals surface area contributed by atoms with E-state index in [1.165, 1.54) is 12.8 Å². The van der Waals surface area contributed by atoms with Crippen molar-refractivity contribution in [2.75, 3.05) is 7.11 Å². The summed E-state index contributed by atoms with van der Waals surface area (Å²) in [6, 6.07) is 0. The third kappa shape index (κ3) is 3.34. The van der Waals surface area contributed by atoms with Gasteiger partial charge in [0, 0.05) is 0 Å². The van der Waals surface area contributed by atoms with Gasteiger partial charge in [0.1, 0.15) is 0 Å². The van der Waals surface area contributed by atoms with Crippen molar-refractivity contribution in [1.29, 1.82) is 0 Å². The molecular weight excluding hydrogens is 420 g/mol. The van der Waals surface area contributed by atoms with Crippen LogP contribution in [0.1, 0.15) is 113 Å². The van der Waals surface area contributed by atoms with Gasteiger partial charge in [-0.3, -0.25) is 4.79 Å². The molecule has 5 aliphatic carbocycles. The average Bonchev–Trinajstić information content (AvgIpc) is 2.83. The first-order valence-electron chi connectivity index (χ1n) is 14.5. The summed E-state index contributed by atoms with van der Waals surface area (Å²) in [5.41, 5.74) is 2.08. The lowest BCUT2D eigenvalue weighted by atomic mass is 9.35. The van der Waals surface area contributed by atoms with Gasteiger partial charge in [-0.15, -0.1) is 0 Å². The number of aliphatic hydroxyl groups excluding tert-OH is 1. The van der Waals surface area contributed by atoms with E-state index in [0.29, 0.717) is 35.0 Å². The van der Waals surface area contributed by atoms with Gasteiger partial charge in [-0.25, -0.2) is 0 Å². The first kappa shape index (κ1) is 26.2. The van der Waals surface area contributed by atoms with Gasteiger partial charge in [-0.1, -0.05) is 60.1 Å². The Labute approximate surface area is 209 Å². The topological polar surface area (TPSA) is 46.5 Å². The maximum atomic E-state index is 13.2. The third-order valence-corrected chi connectivity index (χ3v) is 12.5. The molecule has 34 heavy (non-hydrogen) atoms. The molecule has 0 amide bonds. The third-order valence-electron chi connectivity index (χ3n) is 12.5. The summed E-state index contributed by atoms with van der Waals surface area (Å²) in [5.74, 6) is 2.80. The molecule has 194 valence electrons. The lowest BCUT2D eigenvalue weighted by molar-refractivity contribution is -0.186. The molecule has 1 N–H and O–H groups in total. The summed E-state index contributed by atoms with van der Waals surface area (Å²) in [4.78, 5) is 13.2. The van der Waals surface area contributed by atoms with E-state index in [1.807, 2.05) is 13.8 Å². The highest BCUT2D eigenvalue weighted by molar-refractivity contribution is 5.78. The highest BCUT2D eigenvalue weighted by atomic mass is 16.5. The number of methoxy groups -OCH3 is 1. The summed E-state index contributed by atoms with van der Waals surface area (Å²) < 4.78 is 5.45. The van der Waals surface area contributed by atoms with Crippen molar-refractivity contribution >= 4 is 5.97 Å². The van der Waals surface area contributed by atoms with Gasteiger partial charge in [-0.05, 0) is 110 Å². The second-order valence-corrected chi connectivity index (χ2v) is 13.4. The molecule has 10 atom stereocenters. The van der Waals surface area contributed by atoms with E-state index >= 15 is 0 Å². The Balaban J connectivity index is 0.00000133. The number of rotatable bonds is 1. The van der Waals surface area contributed by atoms with Gasteiger partial charge in [0.2, 0.25) is 0 Å². The van der Waals surface area contributed by atoms with Crippen molar-refractivity contribution in [2.24, 2.45) is 51.2 Å². The van der Waals surface area contributed by atoms with Crippen LogP contribution in [0.5, 0.6) is 0 Å². The Morgan fingerprint density at radius 3 is 2.38 bits per heavy atom. The summed E-state index contributed by atoms with van der Waals surface area (Å²) in [5, 5.41) is 10.6. The zero-order valence-electron chi connectivity index (χ0n) is 23.4. The van der Waals surface area contributed by atoms with E-state index in [-0.39, 0.29) is 28.3 Å². The number of allylic oxidation sites excluding steroid dienone is 2. The number of aliphatic hydroxyl groups is 1. The Morgan fingerprint density at radius 1 is 1.00 bits per heavy atom. The molecule has 3 heteroatoms. The van der Waals surface area contributed by atoms with E-state index in [4.69, 9.17) is 4.74 Å². The summed E-state index contributed by atoms with van der Waals surface area (Å²) in [6.45, 7) is 16.4. The van der Waals surface area contributed by atoms with Crippen LogP contribution in [0.25, 0.3) is 0 Å². The summed E-state index contributed by atoms with van der Waals surface area (Å²) >= 11 is 0. The number of esters is 1. The fourth-order valence-corrected chi connectivity index (χ4v) is 10.3. The van der Waals surface area contributed by atoms with Crippen LogP contribution in [0.4, 0.5) is 0 Å². The van der Waals surface area contributed by atoms with Gasteiger partial charge < -0.3 is 9.84 Å². The molecule has 3 nitrogen and oxygen atoms in total. The highest BCUT2D eigenvalue weighted by Crippen LogP contribution is 2.74. The molecule has 0 aliphatic heterocycles. The first-order valence-corrected chi connectivity index (χ1v) is 14.5. The molecule has 0 bridgehead atoms. The molecule has 0 saturated heterocycles. The molecule has 4 fully saturated rings. The number of carbonyl (C=O) groups excluding carboxylic acids is 1. The van der Waals surface area contributed by atoms with Crippen LogP contribution in [0.15, 0.2) is 11.6 Å². The molecule has 0 aromatic heterocycles. The van der Waals surface area contributed by atoms with E-state index in [9.17, 15) is 9.90 Å². The second kappa shape index (κ2) is 8.93. The van der Waals surface area contributed by atoms with Crippen molar-refractivity contribution in [2.45, 2.75) is 119 Å². The van der Waals surface area contributed by atoms with Crippen LogP contribution in [0.3, 0.4) is 0 Å². The second-order valence-electron chi connectivity index (χ2n) is 13.4. The molecule has 0 aromatic carbocycles. The van der Waals surface area contributed by atoms with Crippen LogP contribution in [0.2, 0.25) is 0 Å². The van der Waals surface area contributed by atoms with Crippen LogP contribution in [-0.4, -0.2) is 24.3 Å². The predicted molar refractivity (Wildman–Crippen MR) is 139 cm³/mol. The van der Waals surface area contributed by atoms with Gasteiger partial charge in [0.25, 0.3) is 0 Å². The molecular formula is C31H52O3. The van der Waals surface area contributed by atoms with E-state index in [0.717, 1.165) is 51.4 Å². The lowest BCUT2D eigenvalue weighted by Crippen LogP contribution is -2.63. The molecule has 0 spiro atoms. The minimum atomic E-state index is -0.291. The quantitative estimate of drug-likeness (QED) is 0.316. The minimum absolute atomic E-state index is 0.0513. The molecule has 5 aliphatic rings. The molecule has 0 radical (unpaired) electrons. The zero-order valence-corrected chi connectivity index (χ0v) is 23.4. The maximum Gasteiger partial charge on any atom is 0.312 e. The van der Waals surface area contributed by atoms with Crippen molar-refractivity contribution in [1.82, 2.24) is 0 Å².